The lowest BCUT2D eigenvalue weighted by Crippen LogP contribution is -2.10. The van der Waals surface area contributed by atoms with Crippen molar-refractivity contribution in [3.63, 3.8) is 0 Å². The van der Waals surface area contributed by atoms with E-state index < -0.39 is 0 Å². The van der Waals surface area contributed by atoms with Gasteiger partial charge >= 0.3 is 5.97 Å². The lowest BCUT2D eigenvalue weighted by atomic mass is 10.0. The maximum absolute atomic E-state index is 12.0. The van der Waals surface area contributed by atoms with E-state index in [9.17, 15) is 4.79 Å². The van der Waals surface area contributed by atoms with E-state index in [1.165, 1.54) is 7.11 Å². The van der Waals surface area contributed by atoms with Crippen LogP contribution >= 0.6 is 0 Å². The molecule has 0 bridgehead atoms. The van der Waals surface area contributed by atoms with Crippen LogP contribution in [0, 0.1) is 13.8 Å². The molecule has 0 N–H and O–H groups in total. The number of nitrogens with zero attached hydrogens (tertiary/aromatic N) is 1. The van der Waals surface area contributed by atoms with Gasteiger partial charge in [-0.2, -0.15) is 0 Å². The van der Waals surface area contributed by atoms with Gasteiger partial charge in [0.1, 0.15) is 11.5 Å². The first-order chi connectivity index (χ1) is 16.5. The normalized spacial score (nSPS) is 10.9. The Balaban J connectivity index is 1.46. The van der Waals surface area contributed by atoms with Gasteiger partial charge in [0, 0.05) is 18.8 Å². The molecule has 0 fully saturated rings. The molecule has 0 aliphatic heterocycles. The summed E-state index contributed by atoms with van der Waals surface area (Å²) in [6.07, 6.45) is 0.707. The van der Waals surface area contributed by atoms with Crippen LogP contribution in [-0.2, 0) is 27.4 Å². The Hall–Kier alpha value is -3.36. The highest BCUT2D eigenvalue weighted by Crippen LogP contribution is 2.32. The fourth-order valence-corrected chi connectivity index (χ4v) is 3.51. The van der Waals surface area contributed by atoms with Crippen molar-refractivity contribution < 1.29 is 32.9 Å². The number of benzene rings is 2. The van der Waals surface area contributed by atoms with E-state index in [1.54, 1.807) is 14.2 Å². The molecule has 8 heteroatoms. The number of esters is 1. The molecular weight excluding hydrogens is 438 g/mol. The summed E-state index contributed by atoms with van der Waals surface area (Å²) in [5, 5.41) is 0. The van der Waals surface area contributed by atoms with Crippen LogP contribution in [0.5, 0.6) is 11.5 Å². The van der Waals surface area contributed by atoms with Crippen LogP contribution in [0.4, 0.5) is 0 Å². The molecule has 1 aromatic heterocycles. The number of methoxy groups -OCH3 is 3. The summed E-state index contributed by atoms with van der Waals surface area (Å²) in [5.41, 5.74) is 3.78. The molecule has 3 rings (SSSR count). The first-order valence-electron chi connectivity index (χ1n) is 11.0. The minimum Gasteiger partial charge on any atom is -0.493 e. The molecule has 1 heterocycles. The van der Waals surface area contributed by atoms with Gasteiger partial charge in [-0.25, -0.2) is 9.78 Å². The van der Waals surface area contributed by atoms with Crippen molar-refractivity contribution in [1.29, 1.82) is 0 Å². The van der Waals surface area contributed by atoms with Gasteiger partial charge in [0.05, 0.1) is 40.1 Å². The molecule has 0 saturated heterocycles. The van der Waals surface area contributed by atoms with Crippen molar-refractivity contribution in [3.05, 3.63) is 64.5 Å². The van der Waals surface area contributed by atoms with E-state index >= 15 is 0 Å². The van der Waals surface area contributed by atoms with Crippen LogP contribution in [0.25, 0.3) is 11.5 Å². The average Bonchev–Trinajstić information content (AvgIpc) is 3.22. The number of aryl methyl sites for hydroxylation is 2. The highest BCUT2D eigenvalue weighted by atomic mass is 16.5. The molecule has 0 saturated carbocycles. The number of oxazole rings is 1. The maximum atomic E-state index is 12.0. The summed E-state index contributed by atoms with van der Waals surface area (Å²) in [6.45, 7) is 5.43. The van der Waals surface area contributed by atoms with Gasteiger partial charge < -0.3 is 28.1 Å². The summed E-state index contributed by atoms with van der Waals surface area (Å²) in [4.78, 5) is 16.6. The smallest absolute Gasteiger partial charge is 0.338 e. The molecule has 0 unspecified atom stereocenters. The van der Waals surface area contributed by atoms with Gasteiger partial charge in [-0.05, 0) is 49.6 Å². The molecule has 0 atom stereocenters. The van der Waals surface area contributed by atoms with Crippen LogP contribution in [0.2, 0.25) is 0 Å². The second-order valence-electron chi connectivity index (χ2n) is 7.65. The van der Waals surface area contributed by atoms with Crippen molar-refractivity contribution >= 4 is 5.97 Å². The molecule has 3 aromatic rings. The van der Waals surface area contributed by atoms with Gasteiger partial charge in [-0.1, -0.05) is 18.2 Å². The van der Waals surface area contributed by atoms with Gasteiger partial charge in [-0.15, -0.1) is 0 Å². The van der Waals surface area contributed by atoms with E-state index in [4.69, 9.17) is 28.1 Å². The Labute approximate surface area is 199 Å². The van der Waals surface area contributed by atoms with Crippen molar-refractivity contribution in [3.8, 4) is 23.0 Å². The second-order valence-corrected chi connectivity index (χ2v) is 7.65. The van der Waals surface area contributed by atoms with E-state index in [2.05, 4.69) is 4.98 Å². The number of ether oxygens (including phenoxy) is 5. The molecular formula is C26H31NO7. The fraction of sp³-hybridized carbons (Fsp3) is 0.385. The minimum absolute atomic E-state index is 0.336. The lowest BCUT2D eigenvalue weighted by Gasteiger charge is -2.11. The average molecular weight is 470 g/mol. The Kier molecular flexibility index (Phi) is 9.07. The highest BCUT2D eigenvalue weighted by Gasteiger charge is 2.15. The van der Waals surface area contributed by atoms with E-state index in [0.29, 0.717) is 61.6 Å². The maximum Gasteiger partial charge on any atom is 0.338 e. The second kappa shape index (κ2) is 12.2. The zero-order valence-corrected chi connectivity index (χ0v) is 20.3. The van der Waals surface area contributed by atoms with E-state index in [0.717, 1.165) is 22.4 Å². The van der Waals surface area contributed by atoms with Gasteiger partial charge in [0.15, 0.2) is 11.5 Å². The van der Waals surface area contributed by atoms with Crippen LogP contribution in [0.1, 0.15) is 39.4 Å². The highest BCUT2D eigenvalue weighted by molar-refractivity contribution is 5.92. The van der Waals surface area contributed by atoms with Crippen molar-refractivity contribution in [2.75, 3.05) is 34.5 Å². The molecule has 182 valence electrons. The molecule has 0 aliphatic carbocycles. The molecule has 8 nitrogen and oxygen atoms in total. The first-order valence-corrected chi connectivity index (χ1v) is 11.0. The van der Waals surface area contributed by atoms with Crippen LogP contribution < -0.4 is 9.47 Å². The fourth-order valence-electron chi connectivity index (χ4n) is 3.51. The van der Waals surface area contributed by atoms with Crippen LogP contribution in [0.15, 0.2) is 40.8 Å². The predicted molar refractivity (Wildman–Crippen MR) is 126 cm³/mol. The van der Waals surface area contributed by atoms with E-state index in [-0.39, 0.29) is 5.97 Å². The molecule has 0 amide bonds. The topological polar surface area (TPSA) is 89.3 Å². The lowest BCUT2D eigenvalue weighted by molar-refractivity contribution is 0.0575. The third kappa shape index (κ3) is 6.15. The molecule has 0 aliphatic rings. The SMILES string of the molecule is COC(=O)c1c(C)cccc1COCCCOCc1nc(-c2ccc(OC)c(OC)c2)oc1C. The van der Waals surface area contributed by atoms with Gasteiger partial charge in [0.25, 0.3) is 0 Å². The largest absolute Gasteiger partial charge is 0.493 e. The summed E-state index contributed by atoms with van der Waals surface area (Å²) >= 11 is 0. The monoisotopic (exact) mass is 469 g/mol. The number of carbonyl (C=O) groups excluding carboxylic acids is 1. The van der Waals surface area contributed by atoms with E-state index in [1.807, 2.05) is 50.2 Å². The molecule has 0 radical (unpaired) electrons. The molecule has 2 aromatic carbocycles. The van der Waals surface area contributed by atoms with Gasteiger partial charge in [-0.3, -0.25) is 0 Å². The van der Waals surface area contributed by atoms with Crippen LogP contribution in [0.3, 0.4) is 0 Å². The molecule has 0 spiro atoms. The van der Waals surface area contributed by atoms with Crippen molar-refractivity contribution in [2.45, 2.75) is 33.5 Å². The number of hydrogen-bond acceptors (Lipinski definition) is 8. The summed E-state index contributed by atoms with van der Waals surface area (Å²) < 4.78 is 32.8. The third-order valence-electron chi connectivity index (χ3n) is 5.35. The molecule has 34 heavy (non-hydrogen) atoms. The standard InChI is InChI=1S/C26H31NO7/c1-17-8-6-9-20(24(17)26(28)31-5)15-32-12-7-13-33-16-21-18(2)34-25(27-21)19-10-11-22(29-3)23(14-19)30-4/h6,8-11,14H,7,12-13,15-16H2,1-5H3. The predicted octanol–water partition coefficient (Wildman–Crippen LogP) is 4.89. The quantitative estimate of drug-likeness (QED) is 0.274. The van der Waals surface area contributed by atoms with Crippen molar-refractivity contribution in [2.24, 2.45) is 0 Å². The number of hydrogen-bond donors (Lipinski definition) is 0. The Morgan fingerprint density at radius 1 is 0.941 bits per heavy atom. The first kappa shape index (κ1) is 25.3. The Morgan fingerprint density at radius 3 is 2.38 bits per heavy atom. The summed E-state index contributed by atoms with van der Waals surface area (Å²) in [5.74, 6) is 2.11. The Bertz CT molecular complexity index is 1110. The van der Waals surface area contributed by atoms with Gasteiger partial charge in [0.2, 0.25) is 5.89 Å². The van der Waals surface area contributed by atoms with Crippen molar-refractivity contribution in [1.82, 2.24) is 4.98 Å². The Morgan fingerprint density at radius 2 is 1.68 bits per heavy atom. The summed E-state index contributed by atoms with van der Waals surface area (Å²) in [6, 6.07) is 11.2. The summed E-state index contributed by atoms with van der Waals surface area (Å²) in [7, 11) is 4.56. The zero-order valence-electron chi connectivity index (χ0n) is 20.3. The zero-order chi connectivity index (χ0) is 24.5. The third-order valence-corrected chi connectivity index (χ3v) is 5.35. The van der Waals surface area contributed by atoms with Crippen LogP contribution in [-0.4, -0.2) is 45.5 Å². The number of aromatic nitrogens is 1. The number of rotatable bonds is 12. The minimum atomic E-state index is -0.351. The number of carbonyl (C=O) groups is 1.